The zero-order valence-electron chi connectivity index (χ0n) is 8.56. The summed E-state index contributed by atoms with van der Waals surface area (Å²) < 4.78 is 0. The number of hydrogen-bond acceptors (Lipinski definition) is 1. The molecular formula is C14H14S. The van der Waals surface area contributed by atoms with Gasteiger partial charge in [-0.1, -0.05) is 54.6 Å². The molecule has 0 amide bonds. The van der Waals surface area contributed by atoms with E-state index in [-0.39, 0.29) is 0 Å². The number of rotatable bonds is 3. The van der Waals surface area contributed by atoms with Crippen LogP contribution in [0.15, 0.2) is 54.6 Å². The summed E-state index contributed by atoms with van der Waals surface area (Å²) in [6, 6.07) is 19.2. The van der Waals surface area contributed by atoms with Gasteiger partial charge in [-0.25, -0.2) is 0 Å². The largest absolute Gasteiger partial charge is 0.175 e. The van der Waals surface area contributed by atoms with E-state index >= 15 is 0 Å². The lowest BCUT2D eigenvalue weighted by molar-refractivity contribution is 1.18. The Balaban J connectivity index is 2.11. The molecule has 0 aliphatic rings. The first-order valence-electron chi connectivity index (χ1n) is 5.11. The Hall–Kier alpha value is -1.21. The molecule has 0 aliphatic heterocycles. The predicted molar refractivity (Wildman–Crippen MR) is 68.4 cm³/mol. The Bertz CT molecular complexity index is 403. The van der Waals surface area contributed by atoms with Crippen LogP contribution in [0.5, 0.6) is 0 Å². The summed E-state index contributed by atoms with van der Waals surface area (Å²) in [5.74, 6) is 0.811. The van der Waals surface area contributed by atoms with E-state index in [0.29, 0.717) is 0 Å². The van der Waals surface area contributed by atoms with E-state index in [1.165, 1.54) is 16.7 Å². The van der Waals surface area contributed by atoms with Gasteiger partial charge in [0.15, 0.2) is 0 Å². The Kier molecular flexibility index (Phi) is 3.46. The normalized spacial score (nSPS) is 10.2. The SMILES string of the molecule is SCc1ccc(Cc2ccccc2)cc1. The van der Waals surface area contributed by atoms with E-state index in [1.807, 2.05) is 6.07 Å². The molecular weight excluding hydrogens is 200 g/mol. The summed E-state index contributed by atoms with van der Waals surface area (Å²) >= 11 is 4.24. The lowest BCUT2D eigenvalue weighted by Crippen LogP contribution is -1.87. The molecule has 0 saturated carbocycles. The van der Waals surface area contributed by atoms with Crippen molar-refractivity contribution in [1.29, 1.82) is 0 Å². The zero-order valence-corrected chi connectivity index (χ0v) is 9.45. The van der Waals surface area contributed by atoms with Gasteiger partial charge in [-0.05, 0) is 23.1 Å². The van der Waals surface area contributed by atoms with E-state index in [9.17, 15) is 0 Å². The Labute approximate surface area is 96.4 Å². The van der Waals surface area contributed by atoms with Crippen LogP contribution < -0.4 is 0 Å². The van der Waals surface area contributed by atoms with Crippen LogP contribution in [0, 0.1) is 0 Å². The summed E-state index contributed by atoms with van der Waals surface area (Å²) in [6.07, 6.45) is 1.01. The molecule has 0 spiro atoms. The average molecular weight is 214 g/mol. The van der Waals surface area contributed by atoms with Crippen LogP contribution in [0.2, 0.25) is 0 Å². The molecule has 2 aromatic rings. The van der Waals surface area contributed by atoms with E-state index < -0.39 is 0 Å². The minimum absolute atomic E-state index is 0.811. The van der Waals surface area contributed by atoms with Crippen molar-refractivity contribution in [1.82, 2.24) is 0 Å². The van der Waals surface area contributed by atoms with Crippen LogP contribution in [0.25, 0.3) is 0 Å². The average Bonchev–Trinajstić information content (AvgIpc) is 2.31. The van der Waals surface area contributed by atoms with Crippen molar-refractivity contribution in [3.63, 3.8) is 0 Å². The molecule has 0 bridgehead atoms. The van der Waals surface area contributed by atoms with E-state index in [4.69, 9.17) is 0 Å². The van der Waals surface area contributed by atoms with Crippen molar-refractivity contribution in [3.8, 4) is 0 Å². The van der Waals surface area contributed by atoms with Gasteiger partial charge in [0.2, 0.25) is 0 Å². The third-order valence-corrected chi connectivity index (χ3v) is 2.82. The molecule has 0 N–H and O–H groups in total. The standard InChI is InChI=1S/C14H14S/c15-11-14-8-6-13(7-9-14)10-12-4-2-1-3-5-12/h1-9,15H,10-11H2. The molecule has 0 aromatic heterocycles. The second-order valence-corrected chi connectivity index (χ2v) is 3.95. The molecule has 0 radical (unpaired) electrons. The highest BCUT2D eigenvalue weighted by molar-refractivity contribution is 7.79. The van der Waals surface area contributed by atoms with Crippen molar-refractivity contribution >= 4 is 12.6 Å². The molecule has 1 heteroatoms. The van der Waals surface area contributed by atoms with Crippen molar-refractivity contribution in [2.75, 3.05) is 0 Å². The first-order valence-corrected chi connectivity index (χ1v) is 5.74. The highest BCUT2D eigenvalue weighted by Crippen LogP contribution is 2.11. The Morgan fingerprint density at radius 1 is 0.667 bits per heavy atom. The van der Waals surface area contributed by atoms with Crippen LogP contribution >= 0.6 is 12.6 Å². The summed E-state index contributed by atoms with van der Waals surface area (Å²) in [5.41, 5.74) is 3.98. The molecule has 15 heavy (non-hydrogen) atoms. The van der Waals surface area contributed by atoms with Gasteiger partial charge < -0.3 is 0 Å². The maximum atomic E-state index is 4.24. The molecule has 0 unspecified atom stereocenters. The van der Waals surface area contributed by atoms with Gasteiger partial charge in [0.25, 0.3) is 0 Å². The molecule has 0 aliphatic carbocycles. The number of hydrogen-bond donors (Lipinski definition) is 1. The lowest BCUT2D eigenvalue weighted by atomic mass is 10.0. The van der Waals surface area contributed by atoms with Crippen LogP contribution in [0.4, 0.5) is 0 Å². The van der Waals surface area contributed by atoms with Gasteiger partial charge in [0.1, 0.15) is 0 Å². The van der Waals surface area contributed by atoms with Gasteiger partial charge in [0, 0.05) is 5.75 Å². The third kappa shape index (κ3) is 2.87. The van der Waals surface area contributed by atoms with E-state index in [2.05, 4.69) is 61.2 Å². The second-order valence-electron chi connectivity index (χ2n) is 3.64. The number of thiol groups is 1. The minimum Gasteiger partial charge on any atom is -0.175 e. The zero-order chi connectivity index (χ0) is 10.5. The fourth-order valence-electron chi connectivity index (χ4n) is 1.59. The summed E-state index contributed by atoms with van der Waals surface area (Å²) in [7, 11) is 0. The number of benzene rings is 2. The lowest BCUT2D eigenvalue weighted by Gasteiger charge is -2.02. The molecule has 2 rings (SSSR count). The molecule has 0 heterocycles. The maximum absolute atomic E-state index is 4.24. The third-order valence-electron chi connectivity index (χ3n) is 2.46. The predicted octanol–water partition coefficient (Wildman–Crippen LogP) is 3.71. The minimum atomic E-state index is 0.811. The fourth-order valence-corrected chi connectivity index (χ4v) is 1.80. The Morgan fingerprint density at radius 2 is 1.20 bits per heavy atom. The van der Waals surface area contributed by atoms with Crippen LogP contribution in [-0.2, 0) is 12.2 Å². The fraction of sp³-hybridized carbons (Fsp3) is 0.143. The first kappa shape index (κ1) is 10.3. The highest BCUT2D eigenvalue weighted by Gasteiger charge is 1.95. The summed E-state index contributed by atoms with van der Waals surface area (Å²) in [4.78, 5) is 0. The molecule has 0 nitrogen and oxygen atoms in total. The van der Waals surface area contributed by atoms with Gasteiger partial charge >= 0.3 is 0 Å². The van der Waals surface area contributed by atoms with Gasteiger partial charge in [0.05, 0.1) is 0 Å². The van der Waals surface area contributed by atoms with Crippen molar-refractivity contribution in [2.45, 2.75) is 12.2 Å². The van der Waals surface area contributed by atoms with Crippen molar-refractivity contribution in [2.24, 2.45) is 0 Å². The summed E-state index contributed by atoms with van der Waals surface area (Å²) in [5, 5.41) is 0. The molecule has 2 aromatic carbocycles. The van der Waals surface area contributed by atoms with Gasteiger partial charge in [-0.15, -0.1) is 0 Å². The second kappa shape index (κ2) is 5.04. The summed E-state index contributed by atoms with van der Waals surface area (Å²) in [6.45, 7) is 0. The van der Waals surface area contributed by atoms with Gasteiger partial charge in [-0.3, -0.25) is 0 Å². The smallest absolute Gasteiger partial charge is 0.0154 e. The maximum Gasteiger partial charge on any atom is 0.0154 e. The molecule has 0 atom stereocenters. The molecule has 76 valence electrons. The first-order chi connectivity index (χ1) is 7.38. The Morgan fingerprint density at radius 3 is 1.80 bits per heavy atom. The van der Waals surface area contributed by atoms with Crippen LogP contribution in [0.1, 0.15) is 16.7 Å². The quantitative estimate of drug-likeness (QED) is 0.740. The topological polar surface area (TPSA) is 0 Å². The van der Waals surface area contributed by atoms with Crippen LogP contribution in [0.3, 0.4) is 0 Å². The van der Waals surface area contributed by atoms with Crippen molar-refractivity contribution in [3.05, 3.63) is 71.3 Å². The van der Waals surface area contributed by atoms with Crippen LogP contribution in [-0.4, -0.2) is 0 Å². The monoisotopic (exact) mass is 214 g/mol. The molecule has 0 fully saturated rings. The van der Waals surface area contributed by atoms with Crippen molar-refractivity contribution < 1.29 is 0 Å². The highest BCUT2D eigenvalue weighted by atomic mass is 32.1. The van der Waals surface area contributed by atoms with Gasteiger partial charge in [-0.2, -0.15) is 12.6 Å². The van der Waals surface area contributed by atoms with E-state index in [1.54, 1.807) is 0 Å². The molecule has 0 saturated heterocycles. The van der Waals surface area contributed by atoms with E-state index in [0.717, 1.165) is 12.2 Å².